The molecule has 0 bridgehead atoms. The van der Waals surface area contributed by atoms with E-state index in [2.05, 4.69) is 0 Å². The first-order chi connectivity index (χ1) is 5.27. The van der Waals surface area contributed by atoms with Crippen LogP contribution in [0.3, 0.4) is 0 Å². The molecule has 4 heteroatoms. The van der Waals surface area contributed by atoms with Gasteiger partial charge in [0.2, 0.25) is 6.33 Å². The van der Waals surface area contributed by atoms with E-state index in [9.17, 15) is 4.79 Å². The van der Waals surface area contributed by atoms with Gasteiger partial charge >= 0.3 is 0 Å². The van der Waals surface area contributed by atoms with Crippen molar-refractivity contribution in [2.75, 3.05) is 7.11 Å². The van der Waals surface area contributed by atoms with Crippen LogP contribution in [-0.2, 0) is 16.6 Å². The Morgan fingerprint density at radius 2 is 2.45 bits per heavy atom. The SMILES string of the molecule is COC(C=O)n1cc[n+](C)c1. The van der Waals surface area contributed by atoms with Crippen LogP contribution in [0, 0.1) is 0 Å². The van der Waals surface area contributed by atoms with E-state index in [0.29, 0.717) is 0 Å². The van der Waals surface area contributed by atoms with Crippen molar-refractivity contribution in [2.24, 2.45) is 7.05 Å². The molecule has 1 heterocycles. The lowest BCUT2D eigenvalue weighted by molar-refractivity contribution is -0.671. The Morgan fingerprint density at radius 1 is 1.73 bits per heavy atom. The number of aldehydes is 1. The molecule has 0 aromatic carbocycles. The smallest absolute Gasteiger partial charge is 0.258 e. The molecule has 0 saturated carbocycles. The van der Waals surface area contributed by atoms with Crippen LogP contribution < -0.4 is 4.57 Å². The van der Waals surface area contributed by atoms with E-state index in [1.807, 2.05) is 17.8 Å². The summed E-state index contributed by atoms with van der Waals surface area (Å²) in [6, 6.07) is 0. The molecule has 11 heavy (non-hydrogen) atoms. The van der Waals surface area contributed by atoms with Gasteiger partial charge in [-0.05, 0) is 0 Å². The van der Waals surface area contributed by atoms with Gasteiger partial charge in [-0.1, -0.05) is 0 Å². The normalized spacial score (nSPS) is 12.9. The molecule has 4 nitrogen and oxygen atoms in total. The number of hydrogen-bond acceptors (Lipinski definition) is 2. The van der Waals surface area contributed by atoms with Gasteiger partial charge in [-0.2, -0.15) is 0 Å². The zero-order valence-electron chi connectivity index (χ0n) is 6.60. The van der Waals surface area contributed by atoms with Crippen LogP contribution in [0.4, 0.5) is 0 Å². The van der Waals surface area contributed by atoms with Crippen molar-refractivity contribution in [3.05, 3.63) is 18.7 Å². The molecule has 0 aliphatic rings. The summed E-state index contributed by atoms with van der Waals surface area (Å²) in [5.74, 6) is 0. The van der Waals surface area contributed by atoms with Crippen molar-refractivity contribution in [1.29, 1.82) is 0 Å². The highest BCUT2D eigenvalue weighted by Gasteiger charge is 2.12. The molecule has 0 fully saturated rings. The van der Waals surface area contributed by atoms with Crippen molar-refractivity contribution in [1.82, 2.24) is 4.57 Å². The zero-order chi connectivity index (χ0) is 8.27. The summed E-state index contributed by atoms with van der Waals surface area (Å²) in [6.45, 7) is 0. The van der Waals surface area contributed by atoms with Crippen molar-refractivity contribution in [2.45, 2.75) is 6.23 Å². The maximum atomic E-state index is 10.4. The number of aromatic nitrogens is 2. The molecule has 1 atom stereocenters. The van der Waals surface area contributed by atoms with Crippen LogP contribution in [0.15, 0.2) is 18.7 Å². The summed E-state index contributed by atoms with van der Waals surface area (Å²) < 4.78 is 8.41. The molecule has 0 radical (unpaired) electrons. The van der Waals surface area contributed by atoms with Crippen LogP contribution in [-0.4, -0.2) is 18.0 Å². The Labute approximate surface area is 65.0 Å². The number of rotatable bonds is 3. The van der Waals surface area contributed by atoms with Crippen molar-refractivity contribution in [3.8, 4) is 0 Å². The van der Waals surface area contributed by atoms with Crippen LogP contribution in [0.1, 0.15) is 6.23 Å². The first kappa shape index (κ1) is 7.94. The van der Waals surface area contributed by atoms with Crippen molar-refractivity contribution >= 4 is 6.29 Å². The highest BCUT2D eigenvalue weighted by molar-refractivity contribution is 5.53. The summed E-state index contributed by atoms with van der Waals surface area (Å²) in [4.78, 5) is 10.4. The fourth-order valence-electron chi connectivity index (χ4n) is 0.868. The van der Waals surface area contributed by atoms with E-state index in [4.69, 9.17) is 4.74 Å². The maximum absolute atomic E-state index is 10.4. The molecule has 0 amide bonds. The second-order valence-electron chi connectivity index (χ2n) is 2.29. The molecular weight excluding hydrogens is 144 g/mol. The molecule has 1 aromatic rings. The van der Waals surface area contributed by atoms with Gasteiger partial charge in [0.1, 0.15) is 12.4 Å². The zero-order valence-corrected chi connectivity index (χ0v) is 6.60. The predicted octanol–water partition coefficient (Wildman–Crippen LogP) is -0.344. The van der Waals surface area contributed by atoms with E-state index in [1.54, 1.807) is 17.1 Å². The number of carbonyl (C=O) groups excluding carboxylic acids is 1. The van der Waals surface area contributed by atoms with Crippen LogP contribution >= 0.6 is 0 Å². The number of imidazole rings is 1. The Hall–Kier alpha value is -1.16. The summed E-state index contributed by atoms with van der Waals surface area (Å²) >= 11 is 0. The van der Waals surface area contributed by atoms with Gasteiger partial charge in [-0.3, -0.25) is 4.79 Å². The summed E-state index contributed by atoms with van der Waals surface area (Å²) in [5.41, 5.74) is 0. The number of hydrogen-bond donors (Lipinski definition) is 0. The van der Waals surface area contributed by atoms with Crippen molar-refractivity contribution < 1.29 is 14.1 Å². The van der Waals surface area contributed by atoms with E-state index in [0.717, 1.165) is 6.29 Å². The number of ether oxygens (including phenoxy) is 1. The van der Waals surface area contributed by atoms with Gasteiger partial charge < -0.3 is 4.74 Å². The lowest BCUT2D eigenvalue weighted by Gasteiger charge is -2.01. The van der Waals surface area contributed by atoms with Crippen LogP contribution in [0.25, 0.3) is 0 Å². The molecule has 0 saturated heterocycles. The molecule has 1 aromatic heterocycles. The first-order valence-corrected chi connectivity index (χ1v) is 3.28. The van der Waals surface area contributed by atoms with Crippen molar-refractivity contribution in [3.63, 3.8) is 0 Å². The van der Waals surface area contributed by atoms with Gasteiger partial charge in [0, 0.05) is 7.11 Å². The molecule has 0 N–H and O–H groups in total. The third-order valence-electron chi connectivity index (χ3n) is 1.44. The molecule has 0 spiro atoms. The quantitative estimate of drug-likeness (QED) is 0.442. The minimum Gasteiger partial charge on any atom is -0.337 e. The van der Waals surface area contributed by atoms with Gasteiger partial charge in [-0.25, -0.2) is 9.13 Å². The molecular formula is C7H11N2O2+. The number of carbonyl (C=O) groups is 1. The first-order valence-electron chi connectivity index (χ1n) is 3.28. The van der Waals surface area contributed by atoms with E-state index in [-0.39, 0.29) is 0 Å². The standard InChI is InChI=1S/C7H11N2O2/c1-8-3-4-9(6-8)7(5-10)11-2/h3-7H,1-2H3/q+1. The fourth-order valence-corrected chi connectivity index (χ4v) is 0.868. The number of nitrogens with zero attached hydrogens (tertiary/aromatic N) is 2. The second-order valence-corrected chi connectivity index (χ2v) is 2.29. The lowest BCUT2D eigenvalue weighted by Crippen LogP contribution is -2.24. The number of methoxy groups -OCH3 is 1. The van der Waals surface area contributed by atoms with Gasteiger partial charge in [0.15, 0.2) is 6.29 Å². The average Bonchev–Trinajstić information content (AvgIpc) is 2.39. The fraction of sp³-hybridized carbons (Fsp3) is 0.429. The number of aryl methyl sites for hydroxylation is 1. The van der Waals surface area contributed by atoms with E-state index in [1.165, 1.54) is 7.11 Å². The van der Waals surface area contributed by atoms with Gasteiger partial charge in [-0.15, -0.1) is 0 Å². The highest BCUT2D eigenvalue weighted by atomic mass is 16.5. The summed E-state index contributed by atoms with van der Waals surface area (Å²) in [6.07, 6.45) is 5.65. The Morgan fingerprint density at radius 3 is 2.82 bits per heavy atom. The topological polar surface area (TPSA) is 35.1 Å². The maximum Gasteiger partial charge on any atom is 0.258 e. The minimum absolute atomic E-state index is 0.504. The lowest BCUT2D eigenvalue weighted by atomic mass is 10.6. The third-order valence-corrected chi connectivity index (χ3v) is 1.44. The third kappa shape index (κ3) is 1.65. The predicted molar refractivity (Wildman–Crippen MR) is 37.7 cm³/mol. The molecule has 0 aliphatic heterocycles. The summed E-state index contributed by atoms with van der Waals surface area (Å²) in [7, 11) is 3.38. The Bertz CT molecular complexity index is 244. The Kier molecular flexibility index (Phi) is 2.38. The van der Waals surface area contributed by atoms with E-state index < -0.39 is 6.23 Å². The average molecular weight is 155 g/mol. The van der Waals surface area contributed by atoms with Gasteiger partial charge in [0.05, 0.1) is 7.05 Å². The van der Waals surface area contributed by atoms with Gasteiger partial charge in [0.25, 0.3) is 6.23 Å². The largest absolute Gasteiger partial charge is 0.337 e. The highest BCUT2D eigenvalue weighted by Crippen LogP contribution is 2.00. The van der Waals surface area contributed by atoms with Crippen LogP contribution in [0.5, 0.6) is 0 Å². The molecule has 1 rings (SSSR count). The molecule has 60 valence electrons. The molecule has 0 aliphatic carbocycles. The Balaban J connectivity index is 2.81. The van der Waals surface area contributed by atoms with E-state index >= 15 is 0 Å². The molecule has 1 unspecified atom stereocenters. The summed E-state index contributed by atoms with van der Waals surface area (Å²) in [5, 5.41) is 0. The van der Waals surface area contributed by atoms with Crippen LogP contribution in [0.2, 0.25) is 0 Å². The minimum atomic E-state index is -0.504. The monoisotopic (exact) mass is 155 g/mol. The second kappa shape index (κ2) is 3.30.